The molecule has 2 aromatic rings. The van der Waals surface area contributed by atoms with E-state index in [9.17, 15) is 0 Å². The van der Waals surface area contributed by atoms with Gasteiger partial charge in [-0.1, -0.05) is 60.7 Å². The average molecular weight is 309 g/mol. The Morgan fingerprint density at radius 2 is 1.39 bits per heavy atom. The molecule has 2 rings (SSSR count). The highest BCUT2D eigenvalue weighted by Crippen LogP contribution is 2.27. The van der Waals surface area contributed by atoms with Crippen LogP contribution in [0, 0.1) is 0 Å². The maximum atomic E-state index is 6.08. The van der Waals surface area contributed by atoms with E-state index in [1.165, 1.54) is 11.1 Å². The number of hydrogen-bond acceptors (Lipinski definition) is 1. The highest BCUT2D eigenvalue weighted by Gasteiger charge is 2.13. The summed E-state index contributed by atoms with van der Waals surface area (Å²) in [7, 11) is 0. The second kappa shape index (κ2) is 8.99. The molecule has 0 spiro atoms. The molecule has 23 heavy (non-hydrogen) atoms. The molecule has 0 aromatic heterocycles. The summed E-state index contributed by atoms with van der Waals surface area (Å²) in [5.41, 5.74) is 8.74. The molecule has 0 aliphatic rings. The maximum absolute atomic E-state index is 6.08. The Hall–Kier alpha value is -2.29. The van der Waals surface area contributed by atoms with Crippen LogP contribution in [0.25, 0.3) is 0 Å². The van der Waals surface area contributed by atoms with Crippen molar-refractivity contribution in [2.75, 3.05) is 19.6 Å². The average Bonchev–Trinajstić information content (AvgIpc) is 2.61. The number of rotatable bonds is 7. The second-order valence-electron chi connectivity index (χ2n) is 5.57. The van der Waals surface area contributed by atoms with Gasteiger partial charge in [0.05, 0.1) is 0 Å². The molecule has 122 valence electrons. The van der Waals surface area contributed by atoms with Gasteiger partial charge in [0.1, 0.15) is 0 Å². The fraction of sp³-hybridized carbons (Fsp3) is 0.350. The summed E-state index contributed by atoms with van der Waals surface area (Å²) in [6, 6.07) is 21.3. The molecular weight excluding hydrogens is 282 g/mol. The highest BCUT2D eigenvalue weighted by atomic mass is 15.2. The SMILES string of the molecule is CCN(CC)C(N)=NCCC(c1ccccc1)c1ccccc1. The van der Waals surface area contributed by atoms with Crippen molar-refractivity contribution >= 4 is 5.96 Å². The second-order valence-corrected chi connectivity index (χ2v) is 5.57. The minimum atomic E-state index is 0.352. The minimum Gasteiger partial charge on any atom is -0.370 e. The number of guanidine groups is 1. The van der Waals surface area contributed by atoms with E-state index in [0.29, 0.717) is 11.9 Å². The van der Waals surface area contributed by atoms with Crippen molar-refractivity contribution in [2.24, 2.45) is 10.7 Å². The first kappa shape index (κ1) is 17.1. The normalized spacial score (nSPS) is 11.7. The van der Waals surface area contributed by atoms with E-state index in [-0.39, 0.29) is 0 Å². The van der Waals surface area contributed by atoms with Crippen molar-refractivity contribution in [3.05, 3.63) is 71.8 Å². The van der Waals surface area contributed by atoms with Crippen molar-refractivity contribution in [1.29, 1.82) is 0 Å². The zero-order chi connectivity index (χ0) is 16.5. The Bertz CT molecular complexity index is 549. The summed E-state index contributed by atoms with van der Waals surface area (Å²) in [5.74, 6) is 1.00. The van der Waals surface area contributed by atoms with Crippen molar-refractivity contribution in [3.63, 3.8) is 0 Å². The zero-order valence-electron chi connectivity index (χ0n) is 14.2. The van der Waals surface area contributed by atoms with Gasteiger partial charge in [-0.25, -0.2) is 0 Å². The van der Waals surface area contributed by atoms with Gasteiger partial charge >= 0.3 is 0 Å². The zero-order valence-corrected chi connectivity index (χ0v) is 14.2. The van der Waals surface area contributed by atoms with E-state index < -0.39 is 0 Å². The Morgan fingerprint density at radius 3 is 1.83 bits per heavy atom. The van der Waals surface area contributed by atoms with Gasteiger partial charge in [0.25, 0.3) is 0 Å². The molecule has 0 aliphatic heterocycles. The van der Waals surface area contributed by atoms with Crippen molar-refractivity contribution < 1.29 is 0 Å². The summed E-state index contributed by atoms with van der Waals surface area (Å²) < 4.78 is 0. The molecule has 0 unspecified atom stereocenters. The first-order valence-corrected chi connectivity index (χ1v) is 8.41. The first-order valence-electron chi connectivity index (χ1n) is 8.41. The smallest absolute Gasteiger partial charge is 0.191 e. The molecule has 3 heteroatoms. The summed E-state index contributed by atoms with van der Waals surface area (Å²) in [4.78, 5) is 6.66. The first-order chi connectivity index (χ1) is 11.3. The van der Waals surface area contributed by atoms with E-state index in [4.69, 9.17) is 5.73 Å². The van der Waals surface area contributed by atoms with Gasteiger partial charge in [0, 0.05) is 25.6 Å². The molecule has 0 aliphatic carbocycles. The molecular formula is C20H27N3. The third kappa shape index (κ3) is 4.85. The number of hydrogen-bond donors (Lipinski definition) is 1. The van der Waals surface area contributed by atoms with Gasteiger partial charge in [0.2, 0.25) is 0 Å². The predicted molar refractivity (Wildman–Crippen MR) is 98.8 cm³/mol. The van der Waals surface area contributed by atoms with Gasteiger partial charge < -0.3 is 10.6 Å². The van der Waals surface area contributed by atoms with Crippen LogP contribution in [-0.4, -0.2) is 30.5 Å². The summed E-state index contributed by atoms with van der Waals surface area (Å²) in [5, 5.41) is 0. The standard InChI is InChI=1S/C20H27N3/c1-3-23(4-2)20(21)22-16-15-19(17-11-7-5-8-12-17)18-13-9-6-10-14-18/h5-14,19H,3-4,15-16H2,1-2H3,(H2,21,22). The topological polar surface area (TPSA) is 41.6 Å². The minimum absolute atomic E-state index is 0.352. The van der Waals surface area contributed by atoms with E-state index >= 15 is 0 Å². The Balaban J connectivity index is 2.12. The molecule has 0 saturated heterocycles. The Kier molecular flexibility index (Phi) is 6.67. The molecule has 3 nitrogen and oxygen atoms in total. The van der Waals surface area contributed by atoms with Crippen LogP contribution in [-0.2, 0) is 0 Å². The maximum Gasteiger partial charge on any atom is 0.191 e. The van der Waals surface area contributed by atoms with Crippen molar-refractivity contribution in [1.82, 2.24) is 4.90 Å². The van der Waals surface area contributed by atoms with Crippen LogP contribution in [0.15, 0.2) is 65.7 Å². The fourth-order valence-electron chi connectivity index (χ4n) is 2.85. The van der Waals surface area contributed by atoms with Crippen LogP contribution < -0.4 is 5.73 Å². The van der Waals surface area contributed by atoms with E-state index in [1.54, 1.807) is 0 Å². The number of benzene rings is 2. The van der Waals surface area contributed by atoms with Gasteiger partial charge in [-0.2, -0.15) is 0 Å². The monoisotopic (exact) mass is 309 g/mol. The van der Waals surface area contributed by atoms with Crippen LogP contribution in [0.5, 0.6) is 0 Å². The Morgan fingerprint density at radius 1 is 0.913 bits per heavy atom. The third-order valence-corrected chi connectivity index (χ3v) is 4.18. The fourth-order valence-corrected chi connectivity index (χ4v) is 2.85. The Labute approximate surface area is 139 Å². The molecule has 2 N–H and O–H groups in total. The molecule has 0 fully saturated rings. The number of nitrogens with two attached hydrogens (primary N) is 1. The lowest BCUT2D eigenvalue weighted by atomic mass is 9.89. The lowest BCUT2D eigenvalue weighted by Gasteiger charge is -2.20. The van der Waals surface area contributed by atoms with Crippen molar-refractivity contribution in [2.45, 2.75) is 26.2 Å². The van der Waals surface area contributed by atoms with Gasteiger partial charge in [-0.05, 0) is 31.4 Å². The molecule has 0 bridgehead atoms. The summed E-state index contributed by atoms with van der Waals surface area (Å²) in [6.07, 6.45) is 0.954. The molecule has 0 amide bonds. The molecule has 0 saturated carbocycles. The van der Waals surface area contributed by atoms with Crippen LogP contribution >= 0.6 is 0 Å². The lowest BCUT2D eigenvalue weighted by molar-refractivity contribution is 0.457. The van der Waals surface area contributed by atoms with Crippen molar-refractivity contribution in [3.8, 4) is 0 Å². The number of aliphatic imine (C=N–C) groups is 1. The summed E-state index contributed by atoms with van der Waals surface area (Å²) in [6.45, 7) is 6.72. The van der Waals surface area contributed by atoms with Crippen LogP contribution in [0.1, 0.15) is 37.3 Å². The molecule has 0 atom stereocenters. The quantitative estimate of drug-likeness (QED) is 0.623. The molecule has 2 aromatic carbocycles. The highest BCUT2D eigenvalue weighted by molar-refractivity contribution is 5.77. The van der Waals surface area contributed by atoms with Gasteiger partial charge in [-0.15, -0.1) is 0 Å². The number of nitrogens with zero attached hydrogens (tertiary/aromatic N) is 2. The van der Waals surface area contributed by atoms with Crippen LogP contribution in [0.2, 0.25) is 0 Å². The largest absolute Gasteiger partial charge is 0.370 e. The van der Waals surface area contributed by atoms with E-state index in [0.717, 1.165) is 26.1 Å². The lowest BCUT2D eigenvalue weighted by Crippen LogP contribution is -2.37. The van der Waals surface area contributed by atoms with E-state index in [2.05, 4.69) is 84.4 Å². The van der Waals surface area contributed by atoms with Gasteiger partial charge in [0.15, 0.2) is 5.96 Å². The van der Waals surface area contributed by atoms with Crippen LogP contribution in [0.4, 0.5) is 0 Å². The van der Waals surface area contributed by atoms with Gasteiger partial charge in [-0.3, -0.25) is 4.99 Å². The third-order valence-electron chi connectivity index (χ3n) is 4.18. The molecule has 0 radical (unpaired) electrons. The van der Waals surface area contributed by atoms with E-state index in [1.807, 2.05) is 0 Å². The predicted octanol–water partition coefficient (Wildman–Crippen LogP) is 3.87. The van der Waals surface area contributed by atoms with Crippen LogP contribution in [0.3, 0.4) is 0 Å². The molecule has 0 heterocycles. The summed E-state index contributed by atoms with van der Waals surface area (Å²) >= 11 is 0.